The van der Waals surface area contributed by atoms with E-state index in [2.05, 4.69) is 10.5 Å². The Hall–Kier alpha value is -4.05. The summed E-state index contributed by atoms with van der Waals surface area (Å²) in [5, 5.41) is 3.96. The molecule has 0 aliphatic rings. The largest absolute Gasteiger partial charge is 0.494 e. The standard InChI is InChI=1S/C26H29N3O6S/c1-5-35-22-12-8-20(9-13-22)17-27-28-26(30)18-29(21-10-6-19(2)7-11-21)36(31,32)23-14-15-24(33-3)25(16-23)34-4/h6-17H,5,18H2,1-4H3,(H,28,30)/b27-17-. The number of methoxy groups -OCH3 is 2. The number of hydrazone groups is 1. The molecule has 1 N–H and O–H groups in total. The van der Waals surface area contributed by atoms with Crippen LogP contribution in [0.25, 0.3) is 0 Å². The molecule has 3 aromatic rings. The first-order valence-corrected chi connectivity index (χ1v) is 12.6. The number of ether oxygens (including phenoxy) is 3. The fourth-order valence-corrected chi connectivity index (χ4v) is 4.73. The lowest BCUT2D eigenvalue weighted by Crippen LogP contribution is -2.39. The molecule has 9 nitrogen and oxygen atoms in total. The van der Waals surface area contributed by atoms with E-state index in [9.17, 15) is 13.2 Å². The van der Waals surface area contributed by atoms with Gasteiger partial charge in [0.05, 0.1) is 37.6 Å². The summed E-state index contributed by atoms with van der Waals surface area (Å²) in [4.78, 5) is 12.7. The van der Waals surface area contributed by atoms with Crippen molar-refractivity contribution in [2.75, 3.05) is 31.7 Å². The van der Waals surface area contributed by atoms with E-state index in [-0.39, 0.29) is 10.6 Å². The first kappa shape index (κ1) is 26.6. The second kappa shape index (κ2) is 12.1. The first-order chi connectivity index (χ1) is 17.3. The van der Waals surface area contributed by atoms with Gasteiger partial charge < -0.3 is 14.2 Å². The molecule has 0 aliphatic heterocycles. The Bertz CT molecular complexity index is 1310. The zero-order chi connectivity index (χ0) is 26.1. The zero-order valence-corrected chi connectivity index (χ0v) is 21.4. The lowest BCUT2D eigenvalue weighted by molar-refractivity contribution is -0.119. The molecule has 0 spiro atoms. The maximum absolute atomic E-state index is 13.6. The summed E-state index contributed by atoms with van der Waals surface area (Å²) in [6.45, 7) is 3.86. The lowest BCUT2D eigenvalue weighted by Gasteiger charge is -2.24. The maximum atomic E-state index is 13.6. The van der Waals surface area contributed by atoms with Crippen LogP contribution >= 0.6 is 0 Å². The maximum Gasteiger partial charge on any atom is 0.264 e. The van der Waals surface area contributed by atoms with Crippen molar-refractivity contribution in [3.63, 3.8) is 0 Å². The van der Waals surface area contributed by atoms with E-state index in [0.717, 1.165) is 21.2 Å². The number of rotatable bonds is 11. The summed E-state index contributed by atoms with van der Waals surface area (Å²) in [7, 11) is -1.26. The van der Waals surface area contributed by atoms with E-state index in [1.807, 2.05) is 13.8 Å². The average Bonchev–Trinajstić information content (AvgIpc) is 2.88. The summed E-state index contributed by atoms with van der Waals surface area (Å²) in [5.74, 6) is 0.765. The molecule has 0 fully saturated rings. The monoisotopic (exact) mass is 511 g/mol. The number of amides is 1. The van der Waals surface area contributed by atoms with Crippen LogP contribution < -0.4 is 23.9 Å². The Balaban J connectivity index is 1.83. The number of nitrogens with zero attached hydrogens (tertiary/aromatic N) is 2. The van der Waals surface area contributed by atoms with Crippen molar-refractivity contribution < 1.29 is 27.4 Å². The Labute approximate surface area is 211 Å². The highest BCUT2D eigenvalue weighted by Gasteiger charge is 2.28. The normalized spacial score (nSPS) is 11.2. The average molecular weight is 512 g/mol. The molecule has 3 aromatic carbocycles. The highest BCUT2D eigenvalue weighted by Crippen LogP contribution is 2.32. The molecular weight excluding hydrogens is 482 g/mol. The zero-order valence-electron chi connectivity index (χ0n) is 20.6. The third kappa shape index (κ3) is 6.54. The van der Waals surface area contributed by atoms with Crippen LogP contribution in [0.15, 0.2) is 76.7 Å². The lowest BCUT2D eigenvalue weighted by atomic mass is 10.2. The number of hydrogen-bond acceptors (Lipinski definition) is 7. The van der Waals surface area contributed by atoms with Gasteiger partial charge in [0, 0.05) is 6.07 Å². The second-order valence-corrected chi connectivity index (χ2v) is 9.52. The number of carbonyl (C=O) groups excluding carboxylic acids is 1. The highest BCUT2D eigenvalue weighted by atomic mass is 32.2. The molecule has 3 rings (SSSR count). The van der Waals surface area contributed by atoms with Crippen molar-refractivity contribution in [1.82, 2.24) is 5.43 Å². The van der Waals surface area contributed by atoms with Crippen LogP contribution in [0.5, 0.6) is 17.2 Å². The molecule has 36 heavy (non-hydrogen) atoms. The summed E-state index contributed by atoms with van der Waals surface area (Å²) in [6, 6.07) is 18.3. The number of nitrogens with one attached hydrogen (secondary N) is 1. The molecule has 0 saturated heterocycles. The molecule has 0 heterocycles. The van der Waals surface area contributed by atoms with Gasteiger partial charge in [-0.05, 0) is 67.9 Å². The van der Waals surface area contributed by atoms with Gasteiger partial charge in [0.25, 0.3) is 15.9 Å². The van der Waals surface area contributed by atoms with Gasteiger partial charge in [0.15, 0.2) is 11.5 Å². The first-order valence-electron chi connectivity index (χ1n) is 11.1. The Morgan fingerprint density at radius 2 is 1.64 bits per heavy atom. The molecule has 190 valence electrons. The van der Waals surface area contributed by atoms with Gasteiger partial charge in [-0.1, -0.05) is 17.7 Å². The van der Waals surface area contributed by atoms with Crippen molar-refractivity contribution in [1.29, 1.82) is 0 Å². The van der Waals surface area contributed by atoms with Crippen molar-refractivity contribution in [2.45, 2.75) is 18.7 Å². The minimum absolute atomic E-state index is 0.0496. The molecule has 0 saturated carbocycles. The number of hydrogen-bond donors (Lipinski definition) is 1. The van der Waals surface area contributed by atoms with Gasteiger partial charge in [-0.15, -0.1) is 0 Å². The van der Waals surface area contributed by atoms with E-state index < -0.39 is 22.5 Å². The smallest absolute Gasteiger partial charge is 0.264 e. The van der Waals surface area contributed by atoms with E-state index in [1.54, 1.807) is 48.5 Å². The van der Waals surface area contributed by atoms with Crippen LogP contribution in [0.1, 0.15) is 18.1 Å². The third-order valence-corrected chi connectivity index (χ3v) is 6.92. The Kier molecular flexibility index (Phi) is 8.91. The van der Waals surface area contributed by atoms with Gasteiger partial charge in [-0.25, -0.2) is 13.8 Å². The highest BCUT2D eigenvalue weighted by molar-refractivity contribution is 7.92. The van der Waals surface area contributed by atoms with Crippen molar-refractivity contribution >= 4 is 27.8 Å². The van der Waals surface area contributed by atoms with Crippen LogP contribution in [-0.4, -0.2) is 47.9 Å². The number of anilines is 1. The van der Waals surface area contributed by atoms with Crippen molar-refractivity contribution in [2.24, 2.45) is 5.10 Å². The van der Waals surface area contributed by atoms with Crippen LogP contribution in [0, 0.1) is 6.92 Å². The number of carbonyl (C=O) groups is 1. The van der Waals surface area contributed by atoms with Crippen LogP contribution in [0.4, 0.5) is 5.69 Å². The predicted octanol–water partition coefficient (Wildman–Crippen LogP) is 3.76. The molecule has 0 radical (unpaired) electrons. The Morgan fingerprint density at radius 1 is 0.972 bits per heavy atom. The summed E-state index contributed by atoms with van der Waals surface area (Å²) < 4.78 is 44.1. The molecule has 0 aromatic heterocycles. The van der Waals surface area contributed by atoms with Crippen LogP contribution in [0.3, 0.4) is 0 Å². The number of aryl methyl sites for hydroxylation is 1. The number of sulfonamides is 1. The van der Waals surface area contributed by atoms with E-state index in [1.165, 1.54) is 38.6 Å². The summed E-state index contributed by atoms with van der Waals surface area (Å²) in [5.41, 5.74) is 4.42. The Morgan fingerprint density at radius 3 is 2.25 bits per heavy atom. The van der Waals surface area contributed by atoms with E-state index in [4.69, 9.17) is 14.2 Å². The molecule has 0 bridgehead atoms. The fourth-order valence-electron chi connectivity index (χ4n) is 3.29. The molecule has 10 heteroatoms. The van der Waals surface area contributed by atoms with Gasteiger partial charge in [-0.2, -0.15) is 5.10 Å². The molecular formula is C26H29N3O6S. The topological polar surface area (TPSA) is 107 Å². The SMILES string of the molecule is CCOc1ccc(/C=N\NC(=O)CN(c2ccc(C)cc2)S(=O)(=O)c2ccc(OC)c(OC)c2)cc1. The van der Waals surface area contributed by atoms with Gasteiger partial charge in [0.1, 0.15) is 12.3 Å². The predicted molar refractivity (Wildman–Crippen MR) is 139 cm³/mol. The third-order valence-electron chi connectivity index (χ3n) is 5.15. The van der Waals surface area contributed by atoms with Crippen LogP contribution in [-0.2, 0) is 14.8 Å². The van der Waals surface area contributed by atoms with Crippen molar-refractivity contribution in [3.05, 3.63) is 77.9 Å². The minimum atomic E-state index is -4.14. The molecule has 0 atom stereocenters. The van der Waals surface area contributed by atoms with Gasteiger partial charge in [-0.3, -0.25) is 9.10 Å². The minimum Gasteiger partial charge on any atom is -0.494 e. The molecule has 1 amide bonds. The van der Waals surface area contributed by atoms with Crippen molar-refractivity contribution in [3.8, 4) is 17.2 Å². The second-order valence-electron chi connectivity index (χ2n) is 7.66. The van der Waals surface area contributed by atoms with E-state index >= 15 is 0 Å². The van der Waals surface area contributed by atoms with E-state index in [0.29, 0.717) is 18.0 Å². The van der Waals surface area contributed by atoms with Gasteiger partial charge in [0.2, 0.25) is 0 Å². The molecule has 0 aliphatic carbocycles. The molecule has 0 unspecified atom stereocenters. The summed E-state index contributed by atoms with van der Waals surface area (Å²) >= 11 is 0. The quantitative estimate of drug-likeness (QED) is 0.310. The fraction of sp³-hybridized carbons (Fsp3) is 0.231. The van der Waals surface area contributed by atoms with Gasteiger partial charge >= 0.3 is 0 Å². The van der Waals surface area contributed by atoms with Crippen LogP contribution in [0.2, 0.25) is 0 Å². The summed E-state index contributed by atoms with van der Waals surface area (Å²) in [6.07, 6.45) is 1.46. The number of benzene rings is 3.